The van der Waals surface area contributed by atoms with Crippen molar-refractivity contribution in [3.63, 3.8) is 0 Å². The van der Waals surface area contributed by atoms with E-state index >= 15 is 0 Å². The van der Waals surface area contributed by atoms with Crippen LogP contribution in [0.25, 0.3) is 0 Å². The fourth-order valence-corrected chi connectivity index (χ4v) is 2.94. The van der Waals surface area contributed by atoms with E-state index in [1.54, 1.807) is 24.3 Å². The molecule has 5 heteroatoms. The Labute approximate surface area is 152 Å². The molecule has 2 amide bonds. The predicted octanol–water partition coefficient (Wildman–Crippen LogP) is 3.54. The highest BCUT2D eigenvalue weighted by Gasteiger charge is 2.41. The van der Waals surface area contributed by atoms with Crippen LogP contribution in [-0.4, -0.2) is 28.7 Å². The summed E-state index contributed by atoms with van der Waals surface area (Å²) in [4.78, 5) is 38.2. The van der Waals surface area contributed by atoms with Crippen molar-refractivity contribution in [3.05, 3.63) is 70.8 Å². The number of benzene rings is 2. The first-order valence-electron chi connectivity index (χ1n) is 8.62. The highest BCUT2D eigenvalue weighted by molar-refractivity contribution is 6.22. The van der Waals surface area contributed by atoms with E-state index in [1.807, 2.05) is 24.3 Å². The second-order valence-electron chi connectivity index (χ2n) is 6.71. The number of ether oxygens (including phenoxy) is 1. The number of nitrogens with zero attached hydrogens (tertiary/aromatic N) is 1. The van der Waals surface area contributed by atoms with Crippen LogP contribution in [0.5, 0.6) is 0 Å². The summed E-state index contributed by atoms with van der Waals surface area (Å²) in [7, 11) is 0. The van der Waals surface area contributed by atoms with Crippen LogP contribution < -0.4 is 0 Å². The molecular weight excluding hydrogens is 330 g/mol. The summed E-state index contributed by atoms with van der Waals surface area (Å²) in [5, 5.41) is 0. The molecular formula is C21H21NO4. The molecule has 0 aromatic heterocycles. The third-order valence-electron chi connectivity index (χ3n) is 4.58. The minimum absolute atomic E-state index is 0.102. The first-order valence-corrected chi connectivity index (χ1v) is 8.62. The molecule has 1 aliphatic heterocycles. The van der Waals surface area contributed by atoms with Crippen LogP contribution >= 0.6 is 0 Å². The van der Waals surface area contributed by atoms with Gasteiger partial charge in [0.05, 0.1) is 11.1 Å². The van der Waals surface area contributed by atoms with Gasteiger partial charge in [-0.15, -0.1) is 0 Å². The topological polar surface area (TPSA) is 63.7 Å². The number of rotatable bonds is 5. The number of amides is 2. The average Bonchev–Trinajstić information content (AvgIpc) is 2.90. The highest BCUT2D eigenvalue weighted by atomic mass is 16.5. The fourth-order valence-electron chi connectivity index (χ4n) is 2.94. The van der Waals surface area contributed by atoms with E-state index < -0.39 is 23.8 Å². The average molecular weight is 351 g/mol. The number of carbonyl (C=O) groups is 3. The van der Waals surface area contributed by atoms with Crippen molar-refractivity contribution >= 4 is 17.8 Å². The number of fused-ring (bicyclic) bond motifs is 1. The van der Waals surface area contributed by atoms with Gasteiger partial charge in [0.1, 0.15) is 12.6 Å². The summed E-state index contributed by atoms with van der Waals surface area (Å²) in [5.74, 6) is -1.10. The summed E-state index contributed by atoms with van der Waals surface area (Å²) in [5.41, 5.74) is 2.71. The third-order valence-corrected chi connectivity index (χ3v) is 4.58. The van der Waals surface area contributed by atoms with Crippen LogP contribution in [0.4, 0.5) is 0 Å². The minimum atomic E-state index is -0.975. The van der Waals surface area contributed by atoms with Crippen molar-refractivity contribution in [2.45, 2.75) is 39.3 Å². The number of carbonyl (C=O) groups excluding carboxylic acids is 3. The molecule has 5 nitrogen and oxygen atoms in total. The highest BCUT2D eigenvalue weighted by Crippen LogP contribution is 2.25. The maximum atomic E-state index is 12.4. The van der Waals surface area contributed by atoms with Crippen molar-refractivity contribution in [1.29, 1.82) is 0 Å². The zero-order valence-electron chi connectivity index (χ0n) is 15.1. The van der Waals surface area contributed by atoms with Crippen LogP contribution in [-0.2, 0) is 16.1 Å². The van der Waals surface area contributed by atoms with Gasteiger partial charge in [0.25, 0.3) is 11.8 Å². The lowest BCUT2D eigenvalue weighted by atomic mass is 10.0. The molecule has 26 heavy (non-hydrogen) atoms. The molecule has 3 rings (SSSR count). The molecule has 1 atom stereocenters. The second-order valence-corrected chi connectivity index (χ2v) is 6.71. The van der Waals surface area contributed by atoms with E-state index in [1.165, 1.54) is 12.5 Å². The Morgan fingerprint density at radius 2 is 1.46 bits per heavy atom. The third kappa shape index (κ3) is 3.25. The standard InChI is InChI=1S/C21H21NO4/c1-13(2)16-10-8-15(9-11-16)12-26-21(25)14(3)22-19(23)17-6-4-5-7-18(17)20(22)24/h4-11,13-14H,12H2,1-3H3/t14-/m0/s1. The van der Waals surface area contributed by atoms with Gasteiger partial charge in [-0.25, -0.2) is 4.79 Å². The number of imide groups is 1. The Bertz CT molecular complexity index is 820. The van der Waals surface area contributed by atoms with Gasteiger partial charge in [0.15, 0.2) is 0 Å². The molecule has 0 spiro atoms. The van der Waals surface area contributed by atoms with E-state index in [-0.39, 0.29) is 6.61 Å². The lowest BCUT2D eigenvalue weighted by Gasteiger charge is -2.21. The van der Waals surface area contributed by atoms with E-state index in [0.29, 0.717) is 17.0 Å². The van der Waals surface area contributed by atoms with Crippen LogP contribution in [0.3, 0.4) is 0 Å². The molecule has 1 heterocycles. The molecule has 0 saturated heterocycles. The van der Waals surface area contributed by atoms with Gasteiger partial charge in [-0.3, -0.25) is 14.5 Å². The summed E-state index contributed by atoms with van der Waals surface area (Å²) >= 11 is 0. The SMILES string of the molecule is CC(C)c1ccc(COC(=O)[C@H](C)N2C(=O)c3ccccc3C2=O)cc1. The molecule has 0 radical (unpaired) electrons. The summed E-state index contributed by atoms with van der Waals surface area (Å²) < 4.78 is 5.31. The Morgan fingerprint density at radius 1 is 0.923 bits per heavy atom. The van der Waals surface area contributed by atoms with Gasteiger partial charge < -0.3 is 4.74 Å². The fraction of sp³-hybridized carbons (Fsp3) is 0.286. The molecule has 134 valence electrons. The van der Waals surface area contributed by atoms with Crippen molar-refractivity contribution in [1.82, 2.24) is 4.90 Å². The maximum absolute atomic E-state index is 12.4. The van der Waals surface area contributed by atoms with Gasteiger partial charge in [0, 0.05) is 0 Å². The van der Waals surface area contributed by atoms with E-state index in [2.05, 4.69) is 13.8 Å². The van der Waals surface area contributed by atoms with Gasteiger partial charge in [0.2, 0.25) is 0 Å². The van der Waals surface area contributed by atoms with Crippen LogP contribution in [0.1, 0.15) is 58.5 Å². The molecule has 0 saturated carbocycles. The molecule has 0 unspecified atom stereocenters. The Morgan fingerprint density at radius 3 is 1.96 bits per heavy atom. The molecule has 1 aliphatic rings. The van der Waals surface area contributed by atoms with Crippen molar-refractivity contribution in [2.24, 2.45) is 0 Å². The van der Waals surface area contributed by atoms with Gasteiger partial charge >= 0.3 is 5.97 Å². The lowest BCUT2D eigenvalue weighted by Crippen LogP contribution is -2.43. The summed E-state index contributed by atoms with van der Waals surface area (Å²) in [6.45, 7) is 5.83. The molecule has 0 N–H and O–H groups in total. The van der Waals surface area contributed by atoms with E-state index in [0.717, 1.165) is 10.5 Å². The molecule has 0 fully saturated rings. The van der Waals surface area contributed by atoms with E-state index in [9.17, 15) is 14.4 Å². The normalized spacial score (nSPS) is 14.5. The monoisotopic (exact) mass is 351 g/mol. The number of esters is 1. The summed E-state index contributed by atoms with van der Waals surface area (Å²) in [6, 6.07) is 13.4. The predicted molar refractivity (Wildman–Crippen MR) is 96.7 cm³/mol. The number of hydrogen-bond acceptors (Lipinski definition) is 4. The first-order chi connectivity index (χ1) is 12.4. The van der Waals surface area contributed by atoms with Crippen molar-refractivity contribution in [2.75, 3.05) is 0 Å². The molecule has 2 aromatic rings. The van der Waals surface area contributed by atoms with Crippen molar-refractivity contribution < 1.29 is 19.1 Å². The molecule has 0 bridgehead atoms. The summed E-state index contributed by atoms with van der Waals surface area (Å²) in [6.07, 6.45) is 0. The van der Waals surface area contributed by atoms with E-state index in [4.69, 9.17) is 4.74 Å². The molecule has 0 aliphatic carbocycles. The maximum Gasteiger partial charge on any atom is 0.329 e. The first kappa shape index (κ1) is 17.9. The van der Waals surface area contributed by atoms with Crippen LogP contribution in [0, 0.1) is 0 Å². The zero-order chi connectivity index (χ0) is 18.8. The zero-order valence-corrected chi connectivity index (χ0v) is 15.1. The quantitative estimate of drug-likeness (QED) is 0.610. The Kier molecular flexibility index (Phi) is 4.89. The van der Waals surface area contributed by atoms with Gasteiger partial charge in [-0.1, -0.05) is 50.2 Å². The largest absolute Gasteiger partial charge is 0.459 e. The van der Waals surface area contributed by atoms with Gasteiger partial charge in [-0.05, 0) is 36.1 Å². The Hall–Kier alpha value is -2.95. The van der Waals surface area contributed by atoms with Crippen LogP contribution in [0.15, 0.2) is 48.5 Å². The van der Waals surface area contributed by atoms with Gasteiger partial charge in [-0.2, -0.15) is 0 Å². The van der Waals surface area contributed by atoms with Crippen molar-refractivity contribution in [3.8, 4) is 0 Å². The lowest BCUT2D eigenvalue weighted by molar-refractivity contribution is -0.149. The Balaban J connectivity index is 1.65. The number of hydrogen-bond donors (Lipinski definition) is 0. The smallest absolute Gasteiger partial charge is 0.329 e. The van der Waals surface area contributed by atoms with Crippen LogP contribution in [0.2, 0.25) is 0 Å². The second kappa shape index (κ2) is 7.12. The molecule has 2 aromatic carbocycles. The minimum Gasteiger partial charge on any atom is -0.459 e.